The van der Waals surface area contributed by atoms with Gasteiger partial charge in [0, 0.05) is 41.6 Å². The van der Waals surface area contributed by atoms with Crippen LogP contribution >= 0.6 is 0 Å². The van der Waals surface area contributed by atoms with E-state index >= 15 is 0 Å². The molecule has 0 unspecified atom stereocenters. The number of hydrogen-bond donors (Lipinski definition) is 2. The first-order valence-electron chi connectivity index (χ1n) is 8.82. The number of rotatable bonds is 6. The second-order valence-corrected chi connectivity index (χ2v) is 6.79. The number of nitrogens with zero attached hydrogens (tertiary/aromatic N) is 2. The van der Waals surface area contributed by atoms with E-state index in [0.717, 1.165) is 29.7 Å². The Balaban J connectivity index is 1.77. The van der Waals surface area contributed by atoms with Crippen LogP contribution in [0.4, 0.5) is 0 Å². The fraction of sp³-hybridized carbons (Fsp3) is 0.400. The molecule has 0 aliphatic carbocycles. The highest BCUT2D eigenvalue weighted by Gasteiger charge is 2.17. The fourth-order valence-corrected chi connectivity index (χ4v) is 3.40. The monoisotopic (exact) mass is 338 g/mol. The number of H-pyrrole nitrogens is 1. The molecule has 3 aromatic rings. The number of amides is 1. The molecule has 2 aromatic heterocycles. The van der Waals surface area contributed by atoms with Crippen molar-refractivity contribution >= 4 is 16.8 Å². The molecule has 0 saturated heterocycles. The third-order valence-electron chi connectivity index (χ3n) is 4.87. The number of hydrogen-bond acceptors (Lipinski definition) is 2. The van der Waals surface area contributed by atoms with Gasteiger partial charge in [-0.15, -0.1) is 0 Å². The van der Waals surface area contributed by atoms with E-state index in [0.29, 0.717) is 6.42 Å². The maximum absolute atomic E-state index is 12.7. The van der Waals surface area contributed by atoms with E-state index in [4.69, 9.17) is 0 Å². The summed E-state index contributed by atoms with van der Waals surface area (Å²) in [5, 5.41) is 4.36. The zero-order chi connectivity index (χ0) is 18.0. The molecule has 0 aliphatic rings. The third-order valence-corrected chi connectivity index (χ3v) is 4.87. The zero-order valence-electron chi connectivity index (χ0n) is 15.4. The van der Waals surface area contributed by atoms with Gasteiger partial charge in [0.15, 0.2) is 0 Å². The van der Waals surface area contributed by atoms with Crippen LogP contribution < -0.4 is 5.32 Å². The number of imidazole rings is 1. The van der Waals surface area contributed by atoms with Gasteiger partial charge in [0.1, 0.15) is 0 Å². The Labute approximate surface area is 148 Å². The summed E-state index contributed by atoms with van der Waals surface area (Å²) in [6, 6.07) is 4.35. The molecule has 0 spiro atoms. The van der Waals surface area contributed by atoms with Crippen LogP contribution in [0.2, 0.25) is 0 Å². The molecule has 5 heteroatoms. The van der Waals surface area contributed by atoms with Gasteiger partial charge in [0.25, 0.3) is 0 Å². The van der Waals surface area contributed by atoms with Crippen LogP contribution in [0.25, 0.3) is 10.9 Å². The number of nitrogens with one attached hydrogen (secondary N) is 2. The van der Waals surface area contributed by atoms with E-state index in [2.05, 4.69) is 48.2 Å². The number of fused-ring (bicyclic) bond motifs is 1. The standard InChI is InChI=1S/C20H26N4O/c1-5-16(11-24-9-8-21-12-24)23-18(25)10-17-15(4)22-20-14(3)7-6-13(2)19(17)20/h6-9,12,16,22H,5,10-11H2,1-4H3,(H,23,25)/t16-/m0/s1. The van der Waals surface area contributed by atoms with Crippen molar-refractivity contribution in [1.82, 2.24) is 19.9 Å². The van der Waals surface area contributed by atoms with Gasteiger partial charge in [-0.3, -0.25) is 4.79 Å². The topological polar surface area (TPSA) is 62.7 Å². The Bertz CT molecular complexity index is 877. The largest absolute Gasteiger partial charge is 0.358 e. The first kappa shape index (κ1) is 17.3. The maximum atomic E-state index is 12.7. The summed E-state index contributed by atoms with van der Waals surface area (Å²) >= 11 is 0. The van der Waals surface area contributed by atoms with Crippen molar-refractivity contribution in [2.45, 2.75) is 53.1 Å². The van der Waals surface area contributed by atoms with Crippen molar-refractivity contribution in [2.75, 3.05) is 0 Å². The smallest absolute Gasteiger partial charge is 0.224 e. The molecule has 0 aliphatic heterocycles. The second kappa shape index (κ2) is 7.13. The highest BCUT2D eigenvalue weighted by Crippen LogP contribution is 2.28. The molecule has 3 rings (SSSR count). The fourth-order valence-electron chi connectivity index (χ4n) is 3.40. The molecule has 25 heavy (non-hydrogen) atoms. The van der Waals surface area contributed by atoms with E-state index in [1.54, 1.807) is 12.5 Å². The predicted octanol–water partition coefficient (Wildman–Crippen LogP) is 3.43. The SMILES string of the molecule is CC[C@@H](Cn1ccnc1)NC(=O)Cc1c(C)[nH]c2c(C)ccc(C)c12. The molecule has 2 heterocycles. The lowest BCUT2D eigenvalue weighted by Crippen LogP contribution is -2.38. The molecule has 0 bridgehead atoms. The Morgan fingerprint density at radius 2 is 2.04 bits per heavy atom. The summed E-state index contributed by atoms with van der Waals surface area (Å²) in [6.45, 7) is 9.08. The number of aromatic amines is 1. The number of aryl methyl sites for hydroxylation is 3. The van der Waals surface area contributed by atoms with Gasteiger partial charge >= 0.3 is 0 Å². The first-order chi connectivity index (χ1) is 12.0. The molecule has 1 aromatic carbocycles. The highest BCUT2D eigenvalue weighted by atomic mass is 16.1. The Morgan fingerprint density at radius 1 is 1.28 bits per heavy atom. The summed E-state index contributed by atoms with van der Waals surface area (Å²) < 4.78 is 2.00. The summed E-state index contributed by atoms with van der Waals surface area (Å²) in [6.07, 6.45) is 6.75. The minimum atomic E-state index is 0.0665. The lowest BCUT2D eigenvalue weighted by molar-refractivity contribution is -0.121. The highest BCUT2D eigenvalue weighted by molar-refractivity contribution is 5.93. The van der Waals surface area contributed by atoms with Crippen molar-refractivity contribution in [1.29, 1.82) is 0 Å². The van der Waals surface area contributed by atoms with Crippen LogP contribution in [0.15, 0.2) is 30.9 Å². The van der Waals surface area contributed by atoms with Crippen molar-refractivity contribution in [3.05, 3.63) is 53.2 Å². The maximum Gasteiger partial charge on any atom is 0.224 e. The molecular formula is C20H26N4O. The molecule has 1 atom stereocenters. The van der Waals surface area contributed by atoms with E-state index < -0.39 is 0 Å². The number of benzene rings is 1. The van der Waals surface area contributed by atoms with E-state index in [9.17, 15) is 4.79 Å². The van der Waals surface area contributed by atoms with Gasteiger partial charge in [-0.25, -0.2) is 4.98 Å². The summed E-state index contributed by atoms with van der Waals surface area (Å²) in [4.78, 5) is 20.2. The Kier molecular flexibility index (Phi) is 4.93. The Morgan fingerprint density at radius 3 is 2.72 bits per heavy atom. The quantitative estimate of drug-likeness (QED) is 0.723. The van der Waals surface area contributed by atoms with E-state index in [1.807, 2.05) is 17.7 Å². The van der Waals surface area contributed by atoms with Crippen LogP contribution in [0, 0.1) is 20.8 Å². The molecule has 0 fully saturated rings. The van der Waals surface area contributed by atoms with E-state index in [-0.39, 0.29) is 11.9 Å². The van der Waals surface area contributed by atoms with Crippen LogP contribution in [0.3, 0.4) is 0 Å². The van der Waals surface area contributed by atoms with Gasteiger partial charge in [-0.1, -0.05) is 19.1 Å². The Hall–Kier alpha value is -2.56. The van der Waals surface area contributed by atoms with Crippen LogP contribution in [-0.4, -0.2) is 26.5 Å². The molecule has 1 amide bonds. The van der Waals surface area contributed by atoms with Gasteiger partial charge in [0.2, 0.25) is 5.91 Å². The first-order valence-corrected chi connectivity index (χ1v) is 8.82. The lowest BCUT2D eigenvalue weighted by atomic mass is 10.0. The number of carbonyl (C=O) groups excluding carboxylic acids is 1. The van der Waals surface area contributed by atoms with Crippen LogP contribution in [0.5, 0.6) is 0 Å². The van der Waals surface area contributed by atoms with Gasteiger partial charge in [-0.2, -0.15) is 0 Å². The zero-order valence-corrected chi connectivity index (χ0v) is 15.4. The summed E-state index contributed by atoms with van der Waals surface area (Å²) in [5.41, 5.74) is 5.74. The third kappa shape index (κ3) is 3.60. The summed E-state index contributed by atoms with van der Waals surface area (Å²) in [5.74, 6) is 0.0665. The van der Waals surface area contributed by atoms with Crippen molar-refractivity contribution in [2.24, 2.45) is 0 Å². The number of carbonyl (C=O) groups is 1. The van der Waals surface area contributed by atoms with Crippen LogP contribution in [0.1, 0.15) is 35.7 Å². The molecule has 5 nitrogen and oxygen atoms in total. The van der Waals surface area contributed by atoms with Crippen molar-refractivity contribution in [3.63, 3.8) is 0 Å². The van der Waals surface area contributed by atoms with Crippen molar-refractivity contribution < 1.29 is 4.79 Å². The molecule has 2 N–H and O–H groups in total. The summed E-state index contributed by atoms with van der Waals surface area (Å²) in [7, 11) is 0. The van der Waals surface area contributed by atoms with Gasteiger partial charge in [0.05, 0.1) is 12.7 Å². The van der Waals surface area contributed by atoms with Gasteiger partial charge < -0.3 is 14.9 Å². The average molecular weight is 338 g/mol. The predicted molar refractivity (Wildman–Crippen MR) is 101 cm³/mol. The van der Waals surface area contributed by atoms with Crippen molar-refractivity contribution in [3.8, 4) is 0 Å². The van der Waals surface area contributed by atoms with Gasteiger partial charge in [-0.05, 0) is 43.9 Å². The molecule has 0 saturated carbocycles. The minimum Gasteiger partial charge on any atom is -0.358 e. The van der Waals surface area contributed by atoms with Crippen LogP contribution in [-0.2, 0) is 17.8 Å². The van der Waals surface area contributed by atoms with E-state index in [1.165, 1.54) is 16.5 Å². The average Bonchev–Trinajstić information content (AvgIpc) is 3.19. The number of aromatic nitrogens is 3. The minimum absolute atomic E-state index is 0.0665. The molecule has 132 valence electrons. The molecular weight excluding hydrogens is 312 g/mol. The second-order valence-electron chi connectivity index (χ2n) is 6.79. The molecule has 0 radical (unpaired) electrons. The lowest BCUT2D eigenvalue weighted by Gasteiger charge is -2.17. The normalized spacial score (nSPS) is 12.5.